The predicted molar refractivity (Wildman–Crippen MR) is 112 cm³/mol. The molecule has 0 saturated carbocycles. The lowest BCUT2D eigenvalue weighted by Gasteiger charge is -2.05. The summed E-state index contributed by atoms with van der Waals surface area (Å²) in [4.78, 5) is 23.7. The molecule has 0 fully saturated rings. The molecule has 0 saturated heterocycles. The first-order chi connectivity index (χ1) is 13.3. The number of rotatable bonds is 7. The van der Waals surface area contributed by atoms with Crippen molar-refractivity contribution in [2.75, 3.05) is 11.5 Å². The topological polar surface area (TPSA) is 135 Å². The van der Waals surface area contributed by atoms with E-state index in [0.29, 0.717) is 22.8 Å². The highest BCUT2D eigenvalue weighted by Crippen LogP contribution is 2.08. The fourth-order valence-electron chi connectivity index (χ4n) is 2.29. The zero-order valence-electron chi connectivity index (χ0n) is 15.9. The van der Waals surface area contributed by atoms with Crippen LogP contribution in [0, 0.1) is 0 Å². The Morgan fingerprint density at radius 2 is 1.18 bits per heavy atom. The lowest BCUT2D eigenvalue weighted by atomic mass is 10.1. The molecule has 2 aromatic carbocycles. The van der Waals surface area contributed by atoms with Crippen molar-refractivity contribution < 1.29 is 9.59 Å². The number of hydrogen-bond acceptors (Lipinski definition) is 6. The van der Waals surface area contributed by atoms with Crippen LogP contribution in [0.5, 0.6) is 0 Å². The van der Waals surface area contributed by atoms with Crippen LogP contribution in [-0.2, 0) is 9.59 Å². The van der Waals surface area contributed by atoms with Gasteiger partial charge in [-0.3, -0.25) is 9.59 Å². The molecule has 0 atom stereocenters. The standard InChI is InChI=1S/C20H24N6O2/c1-13(15-5-3-7-17(21)11-15)23-25-19(27)9-10-20(28)26-24-14(2)16-6-4-8-18(22)12-16/h3-8,11-12H,9-10,21-22H2,1-2H3,(H,25,27)(H,26,28). The second kappa shape index (κ2) is 9.86. The molecule has 0 unspecified atom stereocenters. The highest BCUT2D eigenvalue weighted by molar-refractivity contribution is 6.00. The van der Waals surface area contributed by atoms with Gasteiger partial charge in [0, 0.05) is 24.2 Å². The highest BCUT2D eigenvalue weighted by atomic mass is 16.2. The quantitative estimate of drug-likeness (QED) is 0.332. The fraction of sp³-hybridized carbons (Fsp3) is 0.200. The van der Waals surface area contributed by atoms with Gasteiger partial charge in [0.1, 0.15) is 0 Å². The normalized spacial score (nSPS) is 11.8. The Labute approximate surface area is 163 Å². The average Bonchev–Trinajstić information content (AvgIpc) is 2.68. The number of benzene rings is 2. The van der Waals surface area contributed by atoms with Gasteiger partial charge in [-0.15, -0.1) is 0 Å². The first-order valence-corrected chi connectivity index (χ1v) is 8.73. The third-order valence-corrected chi connectivity index (χ3v) is 3.88. The largest absolute Gasteiger partial charge is 0.399 e. The number of hydrazone groups is 2. The van der Waals surface area contributed by atoms with Gasteiger partial charge in [0.05, 0.1) is 11.4 Å². The van der Waals surface area contributed by atoms with Gasteiger partial charge in [0.2, 0.25) is 11.8 Å². The fourth-order valence-corrected chi connectivity index (χ4v) is 2.29. The maximum atomic E-state index is 11.9. The summed E-state index contributed by atoms with van der Waals surface area (Å²) in [6, 6.07) is 14.4. The van der Waals surface area contributed by atoms with Crippen LogP contribution in [0.15, 0.2) is 58.7 Å². The second-order valence-corrected chi connectivity index (χ2v) is 6.22. The molecule has 0 aliphatic carbocycles. The van der Waals surface area contributed by atoms with Crippen LogP contribution in [0.4, 0.5) is 11.4 Å². The van der Waals surface area contributed by atoms with E-state index in [1.807, 2.05) is 24.3 Å². The van der Waals surface area contributed by atoms with Gasteiger partial charge in [-0.25, -0.2) is 10.9 Å². The highest BCUT2D eigenvalue weighted by Gasteiger charge is 2.07. The number of amides is 2. The first-order valence-electron chi connectivity index (χ1n) is 8.73. The van der Waals surface area contributed by atoms with Crippen molar-refractivity contribution in [3.63, 3.8) is 0 Å². The zero-order valence-corrected chi connectivity index (χ0v) is 15.9. The summed E-state index contributed by atoms with van der Waals surface area (Å²) in [6.45, 7) is 3.52. The van der Waals surface area contributed by atoms with E-state index in [0.717, 1.165) is 11.1 Å². The summed E-state index contributed by atoms with van der Waals surface area (Å²) in [5, 5.41) is 8.05. The minimum atomic E-state index is -0.366. The first kappa shape index (κ1) is 20.6. The minimum Gasteiger partial charge on any atom is -0.399 e. The molecule has 2 rings (SSSR count). The van der Waals surface area contributed by atoms with Crippen molar-refractivity contribution in [1.82, 2.24) is 10.9 Å². The molecule has 0 aliphatic rings. The van der Waals surface area contributed by atoms with Crippen LogP contribution >= 0.6 is 0 Å². The van der Waals surface area contributed by atoms with Gasteiger partial charge in [0.25, 0.3) is 0 Å². The average molecular weight is 380 g/mol. The number of nitrogens with one attached hydrogen (secondary N) is 2. The van der Waals surface area contributed by atoms with Crippen LogP contribution in [-0.4, -0.2) is 23.2 Å². The Morgan fingerprint density at radius 3 is 1.54 bits per heavy atom. The third kappa shape index (κ3) is 6.56. The van der Waals surface area contributed by atoms with E-state index in [1.165, 1.54) is 0 Å². The van der Waals surface area contributed by atoms with Crippen molar-refractivity contribution in [2.45, 2.75) is 26.7 Å². The Bertz CT molecular complexity index is 845. The van der Waals surface area contributed by atoms with E-state index >= 15 is 0 Å². The molecule has 0 radical (unpaired) electrons. The van der Waals surface area contributed by atoms with Crippen molar-refractivity contribution in [3.8, 4) is 0 Å². The van der Waals surface area contributed by atoms with Gasteiger partial charge in [-0.2, -0.15) is 10.2 Å². The monoisotopic (exact) mass is 380 g/mol. The van der Waals surface area contributed by atoms with Crippen LogP contribution in [0.1, 0.15) is 37.8 Å². The van der Waals surface area contributed by atoms with E-state index < -0.39 is 0 Å². The van der Waals surface area contributed by atoms with E-state index in [-0.39, 0.29) is 24.7 Å². The molecule has 146 valence electrons. The van der Waals surface area contributed by atoms with Crippen LogP contribution in [0.25, 0.3) is 0 Å². The Balaban J connectivity index is 1.79. The summed E-state index contributed by atoms with van der Waals surface area (Å²) in [5.74, 6) is -0.732. The van der Waals surface area contributed by atoms with Crippen molar-refractivity contribution in [2.24, 2.45) is 10.2 Å². The van der Waals surface area contributed by atoms with Crippen molar-refractivity contribution >= 4 is 34.6 Å². The Kier molecular flexibility index (Phi) is 7.27. The number of nitrogens with zero attached hydrogens (tertiary/aromatic N) is 2. The molecule has 0 aliphatic heterocycles. The van der Waals surface area contributed by atoms with Crippen molar-refractivity contribution in [3.05, 3.63) is 59.7 Å². The second-order valence-electron chi connectivity index (χ2n) is 6.22. The maximum absolute atomic E-state index is 11.9. The molecule has 6 N–H and O–H groups in total. The van der Waals surface area contributed by atoms with Gasteiger partial charge in [0.15, 0.2) is 0 Å². The zero-order chi connectivity index (χ0) is 20.5. The van der Waals surface area contributed by atoms with Gasteiger partial charge < -0.3 is 11.5 Å². The van der Waals surface area contributed by atoms with Gasteiger partial charge >= 0.3 is 0 Å². The van der Waals surface area contributed by atoms with E-state index in [1.54, 1.807) is 38.1 Å². The smallest absolute Gasteiger partial charge is 0.240 e. The Morgan fingerprint density at radius 1 is 0.786 bits per heavy atom. The van der Waals surface area contributed by atoms with E-state index in [4.69, 9.17) is 11.5 Å². The number of anilines is 2. The number of carbonyl (C=O) groups excluding carboxylic acids is 2. The number of nitrogens with two attached hydrogens (primary N) is 2. The molecule has 2 aromatic rings. The molecule has 0 bridgehead atoms. The molecular weight excluding hydrogens is 356 g/mol. The predicted octanol–water partition coefficient (Wildman–Crippen LogP) is 2.01. The molecule has 8 heteroatoms. The van der Waals surface area contributed by atoms with Crippen LogP contribution in [0.3, 0.4) is 0 Å². The molecule has 0 heterocycles. The van der Waals surface area contributed by atoms with E-state index in [9.17, 15) is 9.59 Å². The Hall–Kier alpha value is -3.68. The number of nitrogen functional groups attached to an aromatic ring is 2. The summed E-state index contributed by atoms with van der Waals surface area (Å²) >= 11 is 0. The van der Waals surface area contributed by atoms with Crippen LogP contribution < -0.4 is 22.3 Å². The minimum absolute atomic E-state index is 0.00754. The molecular formula is C20H24N6O2. The van der Waals surface area contributed by atoms with E-state index in [2.05, 4.69) is 21.1 Å². The summed E-state index contributed by atoms with van der Waals surface area (Å²) < 4.78 is 0. The summed E-state index contributed by atoms with van der Waals surface area (Å²) in [6.07, 6.45) is -0.0151. The molecule has 0 aromatic heterocycles. The molecule has 2 amide bonds. The van der Waals surface area contributed by atoms with Gasteiger partial charge in [-0.1, -0.05) is 24.3 Å². The number of hydrogen-bond donors (Lipinski definition) is 4. The SMILES string of the molecule is CC(=NNC(=O)CCC(=O)NN=C(C)c1cccc(N)c1)c1cccc(N)c1. The molecule has 8 nitrogen and oxygen atoms in total. The third-order valence-electron chi connectivity index (χ3n) is 3.88. The van der Waals surface area contributed by atoms with Crippen LogP contribution in [0.2, 0.25) is 0 Å². The summed E-state index contributed by atoms with van der Waals surface area (Å²) in [5.41, 5.74) is 20.4. The van der Waals surface area contributed by atoms with Crippen molar-refractivity contribution in [1.29, 1.82) is 0 Å². The summed E-state index contributed by atoms with van der Waals surface area (Å²) in [7, 11) is 0. The number of carbonyl (C=O) groups is 2. The van der Waals surface area contributed by atoms with Gasteiger partial charge in [-0.05, 0) is 49.2 Å². The maximum Gasteiger partial charge on any atom is 0.240 e. The lowest BCUT2D eigenvalue weighted by molar-refractivity contribution is -0.126. The molecule has 0 spiro atoms. The lowest BCUT2D eigenvalue weighted by Crippen LogP contribution is -2.24. The molecule has 28 heavy (non-hydrogen) atoms.